The fraction of sp³-hybridized carbons (Fsp3) is 0.500. The van der Waals surface area contributed by atoms with Crippen LogP contribution >= 0.6 is 11.8 Å². The van der Waals surface area contributed by atoms with Crippen molar-refractivity contribution >= 4 is 17.7 Å². The summed E-state index contributed by atoms with van der Waals surface area (Å²) in [7, 11) is 0. The standard InChI is InChI=1S/C18H26N2O2S/c1-3-12-23-15(2)18(22)20-10-8-19(9-11-20)13-16-6-4-5-7-17(16)14-21/h3-7,15,21H,1,8-14H2,2H3. The van der Waals surface area contributed by atoms with Crippen molar-refractivity contribution in [1.82, 2.24) is 9.80 Å². The van der Waals surface area contributed by atoms with Gasteiger partial charge >= 0.3 is 0 Å². The van der Waals surface area contributed by atoms with E-state index in [0.717, 1.165) is 44.0 Å². The Morgan fingerprint density at radius 1 is 1.30 bits per heavy atom. The number of nitrogens with zero attached hydrogens (tertiary/aromatic N) is 2. The first-order valence-corrected chi connectivity index (χ1v) is 9.12. The molecule has 1 heterocycles. The zero-order chi connectivity index (χ0) is 16.7. The number of amides is 1. The number of aliphatic hydroxyl groups excluding tert-OH is 1. The molecule has 0 saturated carbocycles. The van der Waals surface area contributed by atoms with Gasteiger partial charge in [-0.2, -0.15) is 0 Å². The predicted octanol–water partition coefficient (Wildman–Crippen LogP) is 2.13. The number of hydrogen-bond donors (Lipinski definition) is 1. The molecule has 0 aromatic heterocycles. The Hall–Kier alpha value is -1.30. The first-order chi connectivity index (χ1) is 11.2. The van der Waals surface area contributed by atoms with Crippen LogP contribution in [-0.2, 0) is 17.9 Å². The molecule has 1 atom stereocenters. The highest BCUT2D eigenvalue weighted by molar-refractivity contribution is 8.00. The van der Waals surface area contributed by atoms with Crippen LogP contribution < -0.4 is 0 Å². The molecule has 1 N–H and O–H groups in total. The summed E-state index contributed by atoms with van der Waals surface area (Å²) in [6.45, 7) is 9.89. The fourth-order valence-electron chi connectivity index (χ4n) is 2.77. The van der Waals surface area contributed by atoms with Gasteiger partial charge in [0, 0.05) is 38.5 Å². The van der Waals surface area contributed by atoms with Gasteiger partial charge in [-0.05, 0) is 18.1 Å². The van der Waals surface area contributed by atoms with Crippen molar-refractivity contribution in [2.24, 2.45) is 0 Å². The van der Waals surface area contributed by atoms with E-state index in [4.69, 9.17) is 0 Å². The number of piperazine rings is 1. The number of rotatable bonds is 7. The average molecular weight is 334 g/mol. The zero-order valence-corrected chi connectivity index (χ0v) is 14.6. The Kier molecular flexibility index (Phi) is 7.15. The molecule has 1 amide bonds. The van der Waals surface area contributed by atoms with Crippen LogP contribution in [0.4, 0.5) is 0 Å². The van der Waals surface area contributed by atoms with Gasteiger partial charge in [0.1, 0.15) is 0 Å². The lowest BCUT2D eigenvalue weighted by Crippen LogP contribution is -2.50. The SMILES string of the molecule is C=CCSC(C)C(=O)N1CCN(Cc2ccccc2CO)CC1. The van der Waals surface area contributed by atoms with Gasteiger partial charge in [0.05, 0.1) is 11.9 Å². The van der Waals surface area contributed by atoms with Gasteiger partial charge in [-0.15, -0.1) is 18.3 Å². The maximum absolute atomic E-state index is 12.4. The van der Waals surface area contributed by atoms with E-state index in [2.05, 4.69) is 17.5 Å². The summed E-state index contributed by atoms with van der Waals surface area (Å²) in [5, 5.41) is 9.41. The number of hydrogen-bond acceptors (Lipinski definition) is 4. The van der Waals surface area contributed by atoms with Crippen LogP contribution in [0.25, 0.3) is 0 Å². The van der Waals surface area contributed by atoms with E-state index >= 15 is 0 Å². The van der Waals surface area contributed by atoms with Crippen LogP contribution in [0.15, 0.2) is 36.9 Å². The fourth-order valence-corrected chi connectivity index (χ4v) is 3.49. The summed E-state index contributed by atoms with van der Waals surface area (Å²) in [6, 6.07) is 7.99. The van der Waals surface area contributed by atoms with Crippen molar-refractivity contribution in [2.45, 2.75) is 25.3 Å². The highest BCUT2D eigenvalue weighted by Gasteiger charge is 2.25. The molecule has 5 heteroatoms. The molecule has 1 unspecified atom stereocenters. The van der Waals surface area contributed by atoms with Gasteiger partial charge in [-0.3, -0.25) is 9.69 Å². The predicted molar refractivity (Wildman–Crippen MR) is 96.3 cm³/mol. The third kappa shape index (κ3) is 5.09. The molecule has 4 nitrogen and oxygen atoms in total. The normalized spacial score (nSPS) is 17.0. The maximum Gasteiger partial charge on any atom is 0.235 e. The molecule has 0 radical (unpaired) electrons. The molecule has 126 valence electrons. The van der Waals surface area contributed by atoms with Crippen LogP contribution in [0.1, 0.15) is 18.1 Å². The van der Waals surface area contributed by atoms with Crippen molar-refractivity contribution in [3.63, 3.8) is 0 Å². The smallest absolute Gasteiger partial charge is 0.235 e. The Morgan fingerprint density at radius 2 is 1.96 bits per heavy atom. The molecular weight excluding hydrogens is 308 g/mol. The van der Waals surface area contributed by atoms with E-state index < -0.39 is 0 Å². The monoisotopic (exact) mass is 334 g/mol. The van der Waals surface area contributed by atoms with Crippen molar-refractivity contribution < 1.29 is 9.90 Å². The Bertz CT molecular complexity index is 528. The minimum atomic E-state index is -0.00494. The van der Waals surface area contributed by atoms with Crippen molar-refractivity contribution in [3.05, 3.63) is 48.0 Å². The lowest BCUT2D eigenvalue weighted by atomic mass is 10.1. The van der Waals surface area contributed by atoms with Gasteiger partial charge in [-0.1, -0.05) is 30.3 Å². The molecule has 1 aromatic carbocycles. The largest absolute Gasteiger partial charge is 0.392 e. The molecule has 1 aromatic rings. The molecule has 23 heavy (non-hydrogen) atoms. The highest BCUT2D eigenvalue weighted by Crippen LogP contribution is 2.17. The lowest BCUT2D eigenvalue weighted by Gasteiger charge is -2.36. The summed E-state index contributed by atoms with van der Waals surface area (Å²) in [4.78, 5) is 16.7. The molecular formula is C18H26N2O2S. The van der Waals surface area contributed by atoms with E-state index in [-0.39, 0.29) is 17.8 Å². The summed E-state index contributed by atoms with van der Waals surface area (Å²) in [5.74, 6) is 1.04. The van der Waals surface area contributed by atoms with E-state index in [0.29, 0.717) is 0 Å². The Balaban J connectivity index is 1.84. The van der Waals surface area contributed by atoms with E-state index in [1.807, 2.05) is 36.1 Å². The van der Waals surface area contributed by atoms with E-state index in [9.17, 15) is 9.90 Å². The number of thioether (sulfide) groups is 1. The van der Waals surface area contributed by atoms with Crippen LogP contribution in [0.3, 0.4) is 0 Å². The quantitative estimate of drug-likeness (QED) is 0.776. The highest BCUT2D eigenvalue weighted by atomic mass is 32.2. The molecule has 1 saturated heterocycles. The van der Waals surface area contributed by atoms with Crippen molar-refractivity contribution in [3.8, 4) is 0 Å². The first-order valence-electron chi connectivity index (χ1n) is 8.07. The Morgan fingerprint density at radius 3 is 2.57 bits per heavy atom. The number of carbonyl (C=O) groups is 1. The minimum Gasteiger partial charge on any atom is -0.392 e. The van der Waals surface area contributed by atoms with Gasteiger partial charge in [-0.25, -0.2) is 0 Å². The second kappa shape index (κ2) is 9.11. The van der Waals surface area contributed by atoms with E-state index in [1.165, 1.54) is 5.56 Å². The molecule has 0 spiro atoms. The van der Waals surface area contributed by atoms with Crippen molar-refractivity contribution in [2.75, 3.05) is 31.9 Å². The molecule has 1 aliphatic rings. The summed E-state index contributed by atoms with van der Waals surface area (Å²) < 4.78 is 0. The van der Waals surface area contributed by atoms with Crippen LogP contribution in [0, 0.1) is 0 Å². The molecule has 1 fully saturated rings. The summed E-state index contributed by atoms with van der Waals surface area (Å²) in [6.07, 6.45) is 1.84. The number of aliphatic hydroxyl groups is 1. The van der Waals surface area contributed by atoms with Gasteiger partial charge in [0.15, 0.2) is 0 Å². The number of benzene rings is 1. The van der Waals surface area contributed by atoms with Gasteiger partial charge < -0.3 is 10.0 Å². The second-order valence-corrected chi connectivity index (χ2v) is 7.17. The third-order valence-electron chi connectivity index (χ3n) is 4.18. The molecule has 0 aliphatic carbocycles. The minimum absolute atomic E-state index is 0.00494. The summed E-state index contributed by atoms with van der Waals surface area (Å²) in [5.41, 5.74) is 2.16. The molecule has 1 aliphatic heterocycles. The first kappa shape index (κ1) is 18.0. The van der Waals surface area contributed by atoms with E-state index in [1.54, 1.807) is 11.8 Å². The topological polar surface area (TPSA) is 43.8 Å². The third-order valence-corrected chi connectivity index (χ3v) is 5.31. The Labute approximate surface area is 143 Å². The average Bonchev–Trinajstić information content (AvgIpc) is 2.60. The van der Waals surface area contributed by atoms with Crippen LogP contribution in [0.2, 0.25) is 0 Å². The van der Waals surface area contributed by atoms with Gasteiger partial charge in [0.25, 0.3) is 0 Å². The van der Waals surface area contributed by atoms with Gasteiger partial charge in [0.2, 0.25) is 5.91 Å². The molecule has 2 rings (SSSR count). The summed E-state index contributed by atoms with van der Waals surface area (Å²) >= 11 is 1.64. The zero-order valence-electron chi connectivity index (χ0n) is 13.8. The van der Waals surface area contributed by atoms with Crippen LogP contribution in [0.5, 0.6) is 0 Å². The van der Waals surface area contributed by atoms with Crippen molar-refractivity contribution in [1.29, 1.82) is 0 Å². The molecule has 0 bridgehead atoms. The maximum atomic E-state index is 12.4. The lowest BCUT2D eigenvalue weighted by molar-refractivity contribution is -0.132. The van der Waals surface area contributed by atoms with Crippen LogP contribution in [-0.4, -0.2) is 58.0 Å². The second-order valence-electron chi connectivity index (χ2n) is 5.79. The number of carbonyl (C=O) groups excluding carboxylic acids is 1.